The summed E-state index contributed by atoms with van der Waals surface area (Å²) in [6, 6.07) is 16.7. The van der Waals surface area contributed by atoms with Crippen molar-refractivity contribution in [3.63, 3.8) is 0 Å². The maximum Gasteiger partial charge on any atom is 0.577 e. The lowest BCUT2D eigenvalue weighted by molar-refractivity contribution is -0.137. The Bertz CT molecular complexity index is 743. The zero-order valence-corrected chi connectivity index (χ0v) is 13.8. The molecule has 0 aromatic heterocycles. The molecule has 0 aliphatic heterocycles. The molecule has 0 bridgehead atoms. The molecule has 0 aliphatic carbocycles. The number of carbonyl (C=O) groups is 2. The second-order valence-corrected chi connectivity index (χ2v) is 6.16. The monoisotopic (exact) mass is 323 g/mol. The van der Waals surface area contributed by atoms with Crippen LogP contribution < -0.4 is 5.19 Å². The van der Waals surface area contributed by atoms with Crippen LogP contribution in [0.4, 0.5) is 0 Å². The summed E-state index contributed by atoms with van der Waals surface area (Å²) in [7, 11) is -2.26. The van der Waals surface area contributed by atoms with Crippen molar-refractivity contribution in [2.75, 3.05) is 0 Å². The summed E-state index contributed by atoms with van der Waals surface area (Å²) < 4.78 is 10.4. The summed E-state index contributed by atoms with van der Waals surface area (Å²) in [6.45, 7) is 2.57. The average molecular weight is 323 g/mol. The van der Waals surface area contributed by atoms with E-state index in [0.29, 0.717) is 10.8 Å². The van der Waals surface area contributed by atoms with Gasteiger partial charge in [0.2, 0.25) is 0 Å². The van der Waals surface area contributed by atoms with Crippen molar-refractivity contribution >= 4 is 26.4 Å². The van der Waals surface area contributed by atoms with E-state index in [1.54, 1.807) is 12.1 Å². The molecule has 0 heterocycles. The number of carbonyl (C=O) groups excluding carboxylic acids is 2. The van der Waals surface area contributed by atoms with E-state index in [9.17, 15) is 9.59 Å². The van der Waals surface area contributed by atoms with Gasteiger partial charge in [-0.25, -0.2) is 0 Å². The Morgan fingerprint density at radius 2 is 1.39 bits per heavy atom. The molecule has 115 valence electrons. The molecule has 23 heavy (non-hydrogen) atoms. The molecule has 0 saturated heterocycles. The fourth-order valence-electron chi connectivity index (χ4n) is 1.82. The Balaban J connectivity index is 2.37. The summed E-state index contributed by atoms with van der Waals surface area (Å²) in [6.07, 6.45) is 0. The van der Waals surface area contributed by atoms with Crippen LogP contribution in [-0.2, 0) is 18.4 Å². The first-order valence-electron chi connectivity index (χ1n) is 6.96. The lowest BCUT2D eigenvalue weighted by atomic mass is 10.2. The first kappa shape index (κ1) is 16.5. The Kier molecular flexibility index (Phi) is 5.72. The third-order valence-corrected chi connectivity index (χ3v) is 4.56. The molecule has 0 fully saturated rings. The van der Waals surface area contributed by atoms with E-state index < -0.39 is 21.2 Å². The van der Waals surface area contributed by atoms with Crippen LogP contribution >= 0.6 is 0 Å². The van der Waals surface area contributed by atoms with Crippen LogP contribution in [0.1, 0.15) is 25.0 Å². The highest BCUT2D eigenvalue weighted by molar-refractivity contribution is 6.65. The molecule has 5 heteroatoms. The van der Waals surface area contributed by atoms with Gasteiger partial charge in [0.25, 0.3) is 11.9 Å². The highest BCUT2D eigenvalue weighted by Gasteiger charge is 2.28. The zero-order chi connectivity index (χ0) is 16.7. The minimum absolute atomic E-state index is 0.494. The van der Waals surface area contributed by atoms with E-state index >= 15 is 0 Å². The van der Waals surface area contributed by atoms with E-state index in [0.717, 1.165) is 5.56 Å². The fourth-order valence-corrected chi connectivity index (χ4v) is 3.20. The molecule has 0 saturated carbocycles. The molecule has 2 aromatic rings. The fraction of sp³-hybridized carbons (Fsp3) is 0.111. The van der Waals surface area contributed by atoms with Crippen molar-refractivity contribution in [3.05, 3.63) is 65.7 Å². The van der Waals surface area contributed by atoms with Crippen LogP contribution in [0.3, 0.4) is 0 Å². The molecule has 1 radical (unpaired) electrons. The van der Waals surface area contributed by atoms with Crippen LogP contribution in [0.2, 0.25) is 0 Å². The Morgan fingerprint density at radius 3 is 2.00 bits per heavy atom. The van der Waals surface area contributed by atoms with Gasteiger partial charge in [0, 0.05) is 30.2 Å². The summed E-state index contributed by atoms with van der Waals surface area (Å²) in [4.78, 5) is 22.6. The molecule has 2 rings (SSSR count). The lowest BCUT2D eigenvalue weighted by Gasteiger charge is -2.13. The van der Waals surface area contributed by atoms with Gasteiger partial charge < -0.3 is 8.85 Å². The van der Waals surface area contributed by atoms with Crippen molar-refractivity contribution in [1.82, 2.24) is 0 Å². The molecule has 0 aliphatic rings. The van der Waals surface area contributed by atoms with E-state index in [4.69, 9.17) is 8.85 Å². The first-order chi connectivity index (χ1) is 11.1. The number of hydrogen-bond acceptors (Lipinski definition) is 4. The predicted molar refractivity (Wildman–Crippen MR) is 87.8 cm³/mol. The van der Waals surface area contributed by atoms with Crippen LogP contribution in [0.15, 0.2) is 54.6 Å². The largest absolute Gasteiger partial charge is 0.577 e. The summed E-state index contributed by atoms with van der Waals surface area (Å²) in [5.41, 5.74) is 1.55. The summed E-state index contributed by atoms with van der Waals surface area (Å²) in [5, 5.41) is 0.631. The Hall–Kier alpha value is -2.84. The summed E-state index contributed by atoms with van der Waals surface area (Å²) >= 11 is 0. The van der Waals surface area contributed by atoms with Crippen molar-refractivity contribution in [2.45, 2.75) is 13.8 Å². The van der Waals surface area contributed by atoms with Crippen molar-refractivity contribution < 1.29 is 18.4 Å². The quantitative estimate of drug-likeness (QED) is 0.639. The van der Waals surface area contributed by atoms with Gasteiger partial charge in [-0.15, -0.1) is 0 Å². The van der Waals surface area contributed by atoms with Gasteiger partial charge in [-0.3, -0.25) is 9.59 Å². The van der Waals surface area contributed by atoms with E-state index in [-0.39, 0.29) is 0 Å². The zero-order valence-electron chi connectivity index (χ0n) is 12.8. The standard InChI is InChI=1S/C18H15O4Si/c1-14(19)21-23(22-15(2)20)18-11-7-6-10-17(18)13-12-16-8-4-3-5-9-16/h3-11H,1-2H3. The number of hydrogen-bond donors (Lipinski definition) is 0. The minimum Gasteiger partial charge on any atom is -0.480 e. The molecular formula is C18H15O4Si. The second kappa shape index (κ2) is 7.97. The second-order valence-electron chi connectivity index (χ2n) is 4.64. The van der Waals surface area contributed by atoms with Gasteiger partial charge in [-0.2, -0.15) is 0 Å². The van der Waals surface area contributed by atoms with Gasteiger partial charge in [-0.05, 0) is 18.2 Å². The molecule has 0 atom stereocenters. The number of benzene rings is 2. The topological polar surface area (TPSA) is 52.6 Å². The van der Waals surface area contributed by atoms with Gasteiger partial charge in [0.1, 0.15) is 0 Å². The van der Waals surface area contributed by atoms with Crippen LogP contribution in [0, 0.1) is 11.8 Å². The van der Waals surface area contributed by atoms with Crippen molar-refractivity contribution in [3.8, 4) is 11.8 Å². The van der Waals surface area contributed by atoms with E-state index in [1.165, 1.54) is 13.8 Å². The molecule has 0 unspecified atom stereocenters. The van der Waals surface area contributed by atoms with Crippen LogP contribution in [0.25, 0.3) is 0 Å². The molecule has 4 nitrogen and oxygen atoms in total. The van der Waals surface area contributed by atoms with Crippen LogP contribution in [-0.4, -0.2) is 21.2 Å². The van der Waals surface area contributed by atoms with Crippen LogP contribution in [0.5, 0.6) is 0 Å². The van der Waals surface area contributed by atoms with E-state index in [2.05, 4.69) is 11.8 Å². The average Bonchev–Trinajstić information content (AvgIpc) is 2.53. The maximum atomic E-state index is 11.3. The maximum absolute atomic E-state index is 11.3. The third kappa shape index (κ3) is 5.13. The highest BCUT2D eigenvalue weighted by atomic mass is 28.3. The van der Waals surface area contributed by atoms with Gasteiger partial charge in [0.05, 0.1) is 0 Å². The smallest absolute Gasteiger partial charge is 0.480 e. The Morgan fingerprint density at radius 1 is 0.826 bits per heavy atom. The van der Waals surface area contributed by atoms with Gasteiger partial charge in [0.15, 0.2) is 0 Å². The molecular weight excluding hydrogens is 308 g/mol. The normalized spacial score (nSPS) is 9.70. The van der Waals surface area contributed by atoms with Gasteiger partial charge >= 0.3 is 9.28 Å². The summed E-state index contributed by atoms with van der Waals surface area (Å²) in [5.74, 6) is 5.11. The Labute approximate surface area is 136 Å². The molecule has 0 spiro atoms. The SMILES string of the molecule is CC(=O)O[Si](OC(C)=O)c1ccccc1C#Cc1ccccc1. The molecule has 2 aromatic carbocycles. The molecule has 0 amide bonds. The van der Waals surface area contributed by atoms with Crippen molar-refractivity contribution in [2.24, 2.45) is 0 Å². The number of rotatable bonds is 3. The van der Waals surface area contributed by atoms with Crippen molar-refractivity contribution in [1.29, 1.82) is 0 Å². The third-order valence-electron chi connectivity index (χ3n) is 2.74. The molecule has 0 N–H and O–H groups in total. The predicted octanol–water partition coefficient (Wildman–Crippen LogP) is 1.91. The van der Waals surface area contributed by atoms with E-state index in [1.807, 2.05) is 42.5 Å². The van der Waals surface area contributed by atoms with Gasteiger partial charge in [-0.1, -0.05) is 48.2 Å². The highest BCUT2D eigenvalue weighted by Crippen LogP contribution is 2.02. The lowest BCUT2D eigenvalue weighted by Crippen LogP contribution is -2.41. The first-order valence-corrected chi connectivity index (χ1v) is 8.28. The minimum atomic E-state index is -2.26.